The van der Waals surface area contributed by atoms with Gasteiger partial charge in [0.15, 0.2) is 0 Å². The molecule has 2 N–H and O–H groups in total. The Kier molecular flexibility index (Phi) is 4.51. The van der Waals surface area contributed by atoms with Gasteiger partial charge in [-0.05, 0) is 18.2 Å². The van der Waals surface area contributed by atoms with Crippen LogP contribution in [0.4, 0.5) is 18.9 Å². The Bertz CT molecular complexity index is 316. The Morgan fingerprint density at radius 2 is 1.86 bits per heavy atom. The van der Waals surface area contributed by atoms with Crippen molar-refractivity contribution >= 4 is 29.7 Å². The Balaban J connectivity index is 0.00000169. The largest absolute Gasteiger partial charge is 0.417 e. The molecular weight excluding hydrogens is 242 g/mol. The lowest BCUT2D eigenvalue weighted by atomic mass is 10.2. The van der Waals surface area contributed by atoms with Crippen LogP contribution in [0.1, 0.15) is 5.56 Å². The summed E-state index contributed by atoms with van der Waals surface area (Å²) in [5.41, 5.74) is 0.571. The Morgan fingerprint density at radius 3 is 2.29 bits per heavy atom. The van der Waals surface area contributed by atoms with Gasteiger partial charge in [0.2, 0.25) is 0 Å². The predicted molar refractivity (Wildman–Crippen MR) is 49.1 cm³/mol. The van der Waals surface area contributed by atoms with Gasteiger partial charge in [-0.25, -0.2) is 0 Å². The molecular formula is C7H6Cl2F3NO. The van der Waals surface area contributed by atoms with Crippen molar-refractivity contribution in [2.75, 3.05) is 5.48 Å². The van der Waals surface area contributed by atoms with E-state index in [1.165, 1.54) is 6.07 Å². The number of halogens is 5. The fraction of sp³-hybridized carbons (Fsp3) is 0.143. The maximum atomic E-state index is 12.2. The highest BCUT2D eigenvalue weighted by Gasteiger charge is 2.33. The van der Waals surface area contributed by atoms with Crippen LogP contribution in [0.2, 0.25) is 5.02 Å². The van der Waals surface area contributed by atoms with Crippen LogP contribution in [-0.4, -0.2) is 5.21 Å². The van der Waals surface area contributed by atoms with E-state index in [2.05, 4.69) is 0 Å². The van der Waals surface area contributed by atoms with Crippen molar-refractivity contribution in [3.8, 4) is 0 Å². The normalized spacial score (nSPS) is 10.6. The maximum absolute atomic E-state index is 12.2. The van der Waals surface area contributed by atoms with Gasteiger partial charge in [0.25, 0.3) is 0 Å². The molecule has 1 rings (SSSR count). The Labute approximate surface area is 89.0 Å². The van der Waals surface area contributed by atoms with Crippen molar-refractivity contribution in [2.45, 2.75) is 6.18 Å². The molecule has 0 aliphatic heterocycles. The highest BCUT2D eigenvalue weighted by Crippen LogP contribution is 2.35. The van der Waals surface area contributed by atoms with Gasteiger partial charge < -0.3 is 0 Å². The number of benzene rings is 1. The molecule has 0 bridgehead atoms. The molecule has 0 saturated heterocycles. The molecule has 2 nitrogen and oxygen atoms in total. The molecule has 80 valence electrons. The zero-order valence-corrected chi connectivity index (χ0v) is 8.17. The van der Waals surface area contributed by atoms with E-state index in [1.807, 2.05) is 0 Å². The monoisotopic (exact) mass is 247 g/mol. The fourth-order valence-corrected chi connectivity index (χ4v) is 1.04. The molecule has 0 saturated carbocycles. The van der Waals surface area contributed by atoms with Crippen molar-refractivity contribution in [1.82, 2.24) is 0 Å². The second-order valence-corrected chi connectivity index (χ2v) is 2.71. The molecule has 0 atom stereocenters. The van der Waals surface area contributed by atoms with Crippen LogP contribution in [0.25, 0.3) is 0 Å². The third-order valence-corrected chi connectivity index (χ3v) is 1.73. The van der Waals surface area contributed by atoms with E-state index in [-0.39, 0.29) is 18.1 Å². The first-order valence-electron chi connectivity index (χ1n) is 3.22. The van der Waals surface area contributed by atoms with Gasteiger partial charge in [-0.3, -0.25) is 10.7 Å². The van der Waals surface area contributed by atoms with Crippen LogP contribution in [0.5, 0.6) is 0 Å². The third-order valence-electron chi connectivity index (χ3n) is 1.40. The van der Waals surface area contributed by atoms with Crippen LogP contribution in [0.15, 0.2) is 18.2 Å². The minimum absolute atomic E-state index is 0. The van der Waals surface area contributed by atoms with Crippen molar-refractivity contribution < 1.29 is 18.4 Å². The number of hydrogen-bond donors (Lipinski definition) is 2. The molecule has 1 aromatic carbocycles. The molecule has 0 fully saturated rings. The molecule has 7 heteroatoms. The van der Waals surface area contributed by atoms with E-state index in [9.17, 15) is 13.2 Å². The summed E-state index contributed by atoms with van der Waals surface area (Å²) in [4.78, 5) is 0. The van der Waals surface area contributed by atoms with Gasteiger partial charge in [-0.2, -0.15) is 13.2 Å². The van der Waals surface area contributed by atoms with Crippen molar-refractivity contribution in [3.63, 3.8) is 0 Å². The van der Waals surface area contributed by atoms with Crippen LogP contribution in [-0.2, 0) is 6.18 Å². The third kappa shape index (κ3) is 2.94. The second-order valence-electron chi connectivity index (χ2n) is 2.30. The van der Waals surface area contributed by atoms with Crippen LogP contribution in [0.3, 0.4) is 0 Å². The molecule has 0 heterocycles. The zero-order chi connectivity index (χ0) is 10.1. The van der Waals surface area contributed by atoms with Gasteiger partial charge in [-0.15, -0.1) is 12.4 Å². The van der Waals surface area contributed by atoms with E-state index in [1.54, 1.807) is 5.48 Å². The molecule has 0 aliphatic rings. The van der Waals surface area contributed by atoms with Crippen molar-refractivity contribution in [3.05, 3.63) is 28.8 Å². The fourth-order valence-electron chi connectivity index (χ4n) is 0.812. The van der Waals surface area contributed by atoms with Crippen molar-refractivity contribution in [1.29, 1.82) is 0 Å². The molecule has 0 radical (unpaired) electrons. The lowest BCUT2D eigenvalue weighted by Crippen LogP contribution is -2.06. The van der Waals surface area contributed by atoms with Crippen LogP contribution in [0, 0.1) is 0 Å². The molecule has 0 unspecified atom stereocenters. The van der Waals surface area contributed by atoms with E-state index < -0.39 is 16.8 Å². The summed E-state index contributed by atoms with van der Waals surface area (Å²) in [6.45, 7) is 0. The number of rotatable bonds is 1. The molecule has 0 spiro atoms. The summed E-state index contributed by atoms with van der Waals surface area (Å²) < 4.78 is 36.5. The molecule has 0 amide bonds. The number of anilines is 1. The average Bonchev–Trinajstić information content (AvgIpc) is 2.03. The Hall–Kier alpha value is -0.650. The number of alkyl halides is 3. The number of nitrogens with one attached hydrogen (secondary N) is 1. The minimum atomic E-state index is -4.51. The van der Waals surface area contributed by atoms with Gasteiger partial charge in [0.05, 0.1) is 16.3 Å². The van der Waals surface area contributed by atoms with E-state index in [0.717, 1.165) is 12.1 Å². The van der Waals surface area contributed by atoms with Gasteiger partial charge in [-0.1, -0.05) is 11.6 Å². The highest BCUT2D eigenvalue weighted by molar-refractivity contribution is 6.31. The maximum Gasteiger partial charge on any atom is 0.417 e. The predicted octanol–water partition coefficient (Wildman–Crippen LogP) is 3.58. The highest BCUT2D eigenvalue weighted by atomic mass is 35.5. The van der Waals surface area contributed by atoms with Gasteiger partial charge in [0, 0.05) is 0 Å². The lowest BCUT2D eigenvalue weighted by molar-refractivity contribution is -0.137. The summed E-state index contributed by atoms with van der Waals surface area (Å²) in [5.74, 6) is 0. The molecule has 1 aromatic rings. The van der Waals surface area contributed by atoms with E-state index in [4.69, 9.17) is 16.8 Å². The van der Waals surface area contributed by atoms with E-state index in [0.29, 0.717) is 0 Å². The summed E-state index contributed by atoms with van der Waals surface area (Å²) >= 11 is 5.31. The average molecular weight is 248 g/mol. The molecule has 0 aliphatic carbocycles. The first-order chi connectivity index (χ1) is 5.95. The summed E-state index contributed by atoms with van der Waals surface area (Å²) in [6.07, 6.45) is -4.51. The van der Waals surface area contributed by atoms with E-state index >= 15 is 0 Å². The summed E-state index contributed by atoms with van der Waals surface area (Å²) in [6, 6.07) is 3.02. The van der Waals surface area contributed by atoms with Crippen LogP contribution < -0.4 is 5.48 Å². The lowest BCUT2D eigenvalue weighted by Gasteiger charge is -2.09. The summed E-state index contributed by atoms with van der Waals surface area (Å²) in [5, 5.41) is 7.96. The van der Waals surface area contributed by atoms with Gasteiger partial charge in [0.1, 0.15) is 0 Å². The van der Waals surface area contributed by atoms with Crippen LogP contribution >= 0.6 is 24.0 Å². The number of hydrogen-bond acceptors (Lipinski definition) is 2. The molecule has 0 aromatic heterocycles. The van der Waals surface area contributed by atoms with Crippen molar-refractivity contribution in [2.24, 2.45) is 0 Å². The standard InChI is InChI=1S/C7H5ClF3NO.ClH/c8-6-2-1-4(12-13)3-5(6)7(9,10)11;/h1-3,12-13H;1H. The first-order valence-corrected chi connectivity index (χ1v) is 3.60. The van der Waals surface area contributed by atoms with Gasteiger partial charge >= 0.3 is 6.18 Å². The SMILES string of the molecule is Cl.ONc1ccc(Cl)c(C(F)(F)F)c1. The quantitative estimate of drug-likeness (QED) is 0.744. The minimum Gasteiger partial charge on any atom is -0.291 e. The zero-order valence-electron chi connectivity index (χ0n) is 6.60. The summed E-state index contributed by atoms with van der Waals surface area (Å²) in [7, 11) is 0. The first kappa shape index (κ1) is 13.4. The Morgan fingerprint density at radius 1 is 1.29 bits per heavy atom. The smallest absolute Gasteiger partial charge is 0.291 e. The topological polar surface area (TPSA) is 32.3 Å². The second kappa shape index (κ2) is 4.72. The molecule has 14 heavy (non-hydrogen) atoms.